The quantitative estimate of drug-likeness (QED) is 0.773. The number of nitrogens with two attached hydrogens (primary N) is 1. The number of ether oxygens (including phenoxy) is 2. The van der Waals surface area contributed by atoms with Gasteiger partial charge in [-0.3, -0.25) is 0 Å². The second-order valence-electron chi connectivity index (χ2n) is 7.54. The monoisotopic (exact) mass is 431 g/mol. The Morgan fingerprint density at radius 2 is 1.93 bits per heavy atom. The number of benzene rings is 2. The summed E-state index contributed by atoms with van der Waals surface area (Å²) in [4.78, 5) is 14.8. The predicted molar refractivity (Wildman–Crippen MR) is 111 cm³/mol. The number of primary sulfonamides is 1. The molecule has 2 heterocycles. The molecule has 2 aromatic carbocycles. The average Bonchev–Trinajstić information content (AvgIpc) is 3.23. The number of fused-ring (bicyclic) bond motifs is 1. The Hall–Kier alpha value is -2.78. The van der Waals surface area contributed by atoms with Gasteiger partial charge in [0.25, 0.3) is 0 Å². The zero-order chi connectivity index (χ0) is 21.3. The summed E-state index contributed by atoms with van der Waals surface area (Å²) in [6.07, 6.45) is 1.77. The summed E-state index contributed by atoms with van der Waals surface area (Å²) in [5.74, 6) is 1.43. The number of nitrogens with zero attached hydrogens (tertiary/aromatic N) is 1. The van der Waals surface area contributed by atoms with Gasteiger partial charge in [0, 0.05) is 6.54 Å². The smallest absolute Gasteiger partial charge is 0.318 e. The van der Waals surface area contributed by atoms with E-state index < -0.39 is 10.0 Å². The fourth-order valence-corrected chi connectivity index (χ4v) is 4.50. The maximum atomic E-state index is 13.0. The van der Waals surface area contributed by atoms with Crippen LogP contribution in [0.1, 0.15) is 43.0 Å². The number of likely N-dealkylation sites (tertiary alicyclic amines) is 1. The van der Waals surface area contributed by atoms with Crippen LogP contribution in [0.25, 0.3) is 0 Å². The van der Waals surface area contributed by atoms with Gasteiger partial charge in [-0.1, -0.05) is 18.2 Å². The molecule has 8 nitrogen and oxygen atoms in total. The molecule has 0 aromatic heterocycles. The first-order valence-corrected chi connectivity index (χ1v) is 11.5. The number of amides is 2. The Balaban J connectivity index is 1.49. The summed E-state index contributed by atoms with van der Waals surface area (Å²) in [5.41, 5.74) is 1.68. The van der Waals surface area contributed by atoms with Crippen molar-refractivity contribution in [3.8, 4) is 11.5 Å². The summed E-state index contributed by atoms with van der Waals surface area (Å²) in [6, 6.07) is 11.5. The molecule has 2 unspecified atom stereocenters. The zero-order valence-electron chi connectivity index (χ0n) is 16.7. The summed E-state index contributed by atoms with van der Waals surface area (Å²) < 4.78 is 34.5. The van der Waals surface area contributed by atoms with E-state index in [2.05, 4.69) is 5.32 Å². The molecular weight excluding hydrogens is 406 g/mol. The molecule has 0 aliphatic carbocycles. The van der Waals surface area contributed by atoms with Crippen LogP contribution in [0.5, 0.6) is 11.5 Å². The maximum Gasteiger partial charge on any atom is 0.318 e. The lowest BCUT2D eigenvalue weighted by Gasteiger charge is -2.28. The Bertz CT molecular complexity index is 1060. The van der Waals surface area contributed by atoms with E-state index in [1.165, 1.54) is 12.1 Å². The van der Waals surface area contributed by atoms with E-state index in [0.717, 1.165) is 24.2 Å². The molecule has 160 valence electrons. The van der Waals surface area contributed by atoms with Crippen molar-refractivity contribution in [2.45, 2.75) is 36.7 Å². The molecule has 2 atom stereocenters. The number of hydrogen-bond acceptors (Lipinski definition) is 5. The highest BCUT2D eigenvalue weighted by Gasteiger charge is 2.31. The lowest BCUT2D eigenvalue weighted by atomic mass is 10.0. The minimum atomic E-state index is -3.80. The van der Waals surface area contributed by atoms with E-state index in [0.29, 0.717) is 31.1 Å². The van der Waals surface area contributed by atoms with Crippen LogP contribution in [0.15, 0.2) is 47.4 Å². The largest absolute Gasteiger partial charge is 0.486 e. The summed E-state index contributed by atoms with van der Waals surface area (Å²) in [7, 11) is -3.80. The average molecular weight is 432 g/mol. The molecule has 0 saturated carbocycles. The summed E-state index contributed by atoms with van der Waals surface area (Å²) in [5, 5.41) is 8.19. The van der Waals surface area contributed by atoms with Crippen LogP contribution in [0.3, 0.4) is 0 Å². The molecular formula is C21H25N3O5S. The molecule has 4 rings (SSSR count). The standard InChI is InChI=1S/C21H25N3O5S/c1-14(15-4-2-5-17(12-15)30(22,26)27)23-21(25)24-9-3-6-18(24)16-7-8-19-20(13-16)29-11-10-28-19/h2,4-5,7-8,12-14,18H,3,6,9-11H2,1H3,(H,23,25)(H2,22,26,27). The highest BCUT2D eigenvalue weighted by Crippen LogP contribution is 2.38. The van der Waals surface area contributed by atoms with Gasteiger partial charge in [-0.25, -0.2) is 18.4 Å². The second kappa shape index (κ2) is 8.16. The third-order valence-electron chi connectivity index (χ3n) is 5.49. The highest BCUT2D eigenvalue weighted by atomic mass is 32.2. The van der Waals surface area contributed by atoms with E-state index in [9.17, 15) is 13.2 Å². The molecule has 1 fully saturated rings. The van der Waals surface area contributed by atoms with Gasteiger partial charge in [0.15, 0.2) is 11.5 Å². The SMILES string of the molecule is CC(NC(=O)N1CCCC1c1ccc2c(c1)OCCO2)c1cccc(S(N)(=O)=O)c1. The van der Waals surface area contributed by atoms with E-state index >= 15 is 0 Å². The second-order valence-corrected chi connectivity index (χ2v) is 9.10. The minimum absolute atomic E-state index is 0.0245. The molecule has 3 N–H and O–H groups in total. The third kappa shape index (κ3) is 4.22. The number of urea groups is 1. The Morgan fingerprint density at radius 1 is 1.17 bits per heavy atom. The molecule has 2 aromatic rings. The van der Waals surface area contributed by atoms with Crippen LogP contribution in [0, 0.1) is 0 Å². The van der Waals surface area contributed by atoms with Crippen molar-refractivity contribution in [1.82, 2.24) is 10.2 Å². The number of carbonyl (C=O) groups excluding carboxylic acids is 1. The van der Waals surface area contributed by atoms with Crippen molar-refractivity contribution in [3.05, 3.63) is 53.6 Å². The summed E-state index contributed by atoms with van der Waals surface area (Å²) in [6.45, 7) is 3.51. The molecule has 1 saturated heterocycles. The third-order valence-corrected chi connectivity index (χ3v) is 6.40. The Kier molecular flexibility index (Phi) is 5.57. The number of rotatable bonds is 4. The van der Waals surface area contributed by atoms with Gasteiger partial charge in [0.05, 0.1) is 17.0 Å². The van der Waals surface area contributed by atoms with Crippen LogP contribution in [-0.4, -0.2) is 39.1 Å². The molecule has 0 spiro atoms. The zero-order valence-corrected chi connectivity index (χ0v) is 17.5. The van der Waals surface area contributed by atoms with E-state index in [-0.39, 0.29) is 23.0 Å². The van der Waals surface area contributed by atoms with Gasteiger partial charge in [-0.2, -0.15) is 0 Å². The number of hydrogen-bond donors (Lipinski definition) is 2. The number of sulfonamides is 1. The lowest BCUT2D eigenvalue weighted by Crippen LogP contribution is -2.40. The van der Waals surface area contributed by atoms with Crippen LogP contribution in [0.2, 0.25) is 0 Å². The van der Waals surface area contributed by atoms with Crippen LogP contribution in [0.4, 0.5) is 4.79 Å². The van der Waals surface area contributed by atoms with Crippen molar-refractivity contribution < 1.29 is 22.7 Å². The van der Waals surface area contributed by atoms with Crippen molar-refractivity contribution in [2.24, 2.45) is 5.14 Å². The predicted octanol–water partition coefficient (Wildman–Crippen LogP) is 2.71. The Labute approximate surface area is 176 Å². The molecule has 9 heteroatoms. The fraction of sp³-hybridized carbons (Fsp3) is 0.381. The van der Waals surface area contributed by atoms with Crippen LogP contribution in [-0.2, 0) is 10.0 Å². The van der Waals surface area contributed by atoms with Gasteiger partial charge in [0.1, 0.15) is 13.2 Å². The molecule has 0 radical (unpaired) electrons. The van der Waals surface area contributed by atoms with Crippen molar-refractivity contribution >= 4 is 16.1 Å². The molecule has 0 bridgehead atoms. The first-order valence-electron chi connectivity index (χ1n) is 9.92. The Morgan fingerprint density at radius 3 is 2.70 bits per heavy atom. The van der Waals surface area contributed by atoms with Crippen molar-refractivity contribution in [2.75, 3.05) is 19.8 Å². The number of nitrogens with one attached hydrogen (secondary N) is 1. The molecule has 2 aliphatic rings. The molecule has 2 amide bonds. The molecule has 30 heavy (non-hydrogen) atoms. The normalized spacial score (nSPS) is 19.4. The van der Waals surface area contributed by atoms with Gasteiger partial charge < -0.3 is 19.7 Å². The van der Waals surface area contributed by atoms with Gasteiger partial charge >= 0.3 is 6.03 Å². The first-order chi connectivity index (χ1) is 14.3. The topological polar surface area (TPSA) is 111 Å². The lowest BCUT2D eigenvalue weighted by molar-refractivity contribution is 0.170. The van der Waals surface area contributed by atoms with Crippen LogP contribution >= 0.6 is 0 Å². The molecule has 2 aliphatic heterocycles. The highest BCUT2D eigenvalue weighted by molar-refractivity contribution is 7.89. The number of carbonyl (C=O) groups is 1. The van der Waals surface area contributed by atoms with E-state index in [1.54, 1.807) is 12.1 Å². The van der Waals surface area contributed by atoms with Gasteiger partial charge in [-0.05, 0) is 55.2 Å². The van der Waals surface area contributed by atoms with E-state index in [4.69, 9.17) is 14.6 Å². The first kappa shape index (κ1) is 20.5. The van der Waals surface area contributed by atoms with Crippen molar-refractivity contribution in [3.63, 3.8) is 0 Å². The fourth-order valence-electron chi connectivity index (χ4n) is 3.94. The van der Waals surface area contributed by atoms with Gasteiger partial charge in [0.2, 0.25) is 10.0 Å². The summed E-state index contributed by atoms with van der Waals surface area (Å²) >= 11 is 0. The van der Waals surface area contributed by atoms with Gasteiger partial charge in [-0.15, -0.1) is 0 Å². The van der Waals surface area contributed by atoms with E-state index in [1.807, 2.05) is 30.0 Å². The van der Waals surface area contributed by atoms with Crippen molar-refractivity contribution in [1.29, 1.82) is 0 Å². The van der Waals surface area contributed by atoms with Crippen LogP contribution < -0.4 is 19.9 Å². The minimum Gasteiger partial charge on any atom is -0.486 e. The maximum absolute atomic E-state index is 13.0.